The highest BCUT2D eigenvalue weighted by Gasteiger charge is 2.30. The molecule has 2 unspecified atom stereocenters. The molecular formula is C19H19FN4O2. The number of nitrogens with one attached hydrogen (secondary N) is 1. The fourth-order valence-corrected chi connectivity index (χ4v) is 3.50. The summed E-state index contributed by atoms with van der Waals surface area (Å²) >= 11 is 0. The first-order chi connectivity index (χ1) is 12.8. The van der Waals surface area contributed by atoms with Gasteiger partial charge in [-0.15, -0.1) is 0 Å². The average Bonchev–Trinajstić information content (AvgIpc) is 3.10. The van der Waals surface area contributed by atoms with Gasteiger partial charge < -0.3 is 15.3 Å². The van der Waals surface area contributed by atoms with Crippen LogP contribution in [0.25, 0.3) is 10.9 Å². The van der Waals surface area contributed by atoms with Crippen molar-refractivity contribution in [3.63, 3.8) is 0 Å². The SMILES string of the molecule is ON=CNc1ccc2c(cnn2C2OCCCC2c2ccc(F)cc2)c1. The zero-order chi connectivity index (χ0) is 17.9. The van der Waals surface area contributed by atoms with Gasteiger partial charge in [-0.3, -0.25) is 0 Å². The molecule has 0 bridgehead atoms. The lowest BCUT2D eigenvalue weighted by atomic mass is 9.91. The zero-order valence-electron chi connectivity index (χ0n) is 14.0. The molecule has 0 amide bonds. The molecule has 1 fully saturated rings. The van der Waals surface area contributed by atoms with Gasteiger partial charge in [0.05, 0.1) is 11.7 Å². The maximum Gasteiger partial charge on any atom is 0.157 e. The van der Waals surface area contributed by atoms with E-state index in [2.05, 4.69) is 15.6 Å². The number of anilines is 1. The highest BCUT2D eigenvalue weighted by molar-refractivity contribution is 5.86. The molecule has 7 heteroatoms. The fourth-order valence-electron chi connectivity index (χ4n) is 3.50. The molecule has 2 N–H and O–H groups in total. The quantitative estimate of drug-likeness (QED) is 0.320. The lowest BCUT2D eigenvalue weighted by Crippen LogP contribution is -2.26. The first kappa shape index (κ1) is 16.5. The minimum Gasteiger partial charge on any atom is -0.410 e. The van der Waals surface area contributed by atoms with Crippen molar-refractivity contribution in [2.24, 2.45) is 5.16 Å². The maximum atomic E-state index is 13.3. The van der Waals surface area contributed by atoms with Gasteiger partial charge in [0.1, 0.15) is 12.2 Å². The predicted molar refractivity (Wildman–Crippen MR) is 97.0 cm³/mol. The summed E-state index contributed by atoms with van der Waals surface area (Å²) < 4.78 is 21.2. The molecule has 26 heavy (non-hydrogen) atoms. The Balaban J connectivity index is 1.68. The van der Waals surface area contributed by atoms with E-state index in [1.165, 1.54) is 18.5 Å². The largest absolute Gasteiger partial charge is 0.410 e. The molecule has 134 valence electrons. The van der Waals surface area contributed by atoms with Gasteiger partial charge in [0, 0.05) is 23.6 Å². The van der Waals surface area contributed by atoms with Crippen LogP contribution in [0.15, 0.2) is 53.8 Å². The number of nitrogens with zero attached hydrogens (tertiary/aromatic N) is 3. The summed E-state index contributed by atoms with van der Waals surface area (Å²) in [6.45, 7) is 0.677. The Bertz CT molecular complexity index is 923. The normalized spacial score (nSPS) is 20.7. The van der Waals surface area contributed by atoms with E-state index < -0.39 is 0 Å². The van der Waals surface area contributed by atoms with Crippen LogP contribution in [0, 0.1) is 5.82 Å². The Morgan fingerprint density at radius 1 is 1.27 bits per heavy atom. The molecule has 4 rings (SSSR count). The monoisotopic (exact) mass is 354 g/mol. The van der Waals surface area contributed by atoms with Gasteiger partial charge in [0.15, 0.2) is 6.23 Å². The summed E-state index contributed by atoms with van der Waals surface area (Å²) in [4.78, 5) is 0. The second kappa shape index (κ2) is 7.13. The standard InChI is InChI=1S/C19H19FN4O2/c20-15-5-3-13(4-6-15)17-2-1-9-26-19(17)24-18-8-7-16(21-12-23-25)10-14(18)11-22-24/h3-8,10-12,17,19,25H,1-2,9H2,(H,21,23). The van der Waals surface area contributed by atoms with Crippen molar-refractivity contribution in [2.75, 3.05) is 11.9 Å². The Hall–Kier alpha value is -2.93. The molecule has 0 spiro atoms. The highest BCUT2D eigenvalue weighted by atomic mass is 19.1. The molecule has 0 radical (unpaired) electrons. The molecule has 6 nitrogen and oxygen atoms in total. The minimum absolute atomic E-state index is 0.117. The van der Waals surface area contributed by atoms with Gasteiger partial charge in [0.2, 0.25) is 0 Å². The number of oxime groups is 1. The van der Waals surface area contributed by atoms with E-state index >= 15 is 0 Å². The number of hydrogen-bond acceptors (Lipinski definition) is 4. The van der Waals surface area contributed by atoms with Crippen molar-refractivity contribution in [3.8, 4) is 0 Å². The van der Waals surface area contributed by atoms with Gasteiger partial charge in [-0.05, 0) is 48.7 Å². The van der Waals surface area contributed by atoms with Gasteiger partial charge >= 0.3 is 0 Å². The number of aromatic nitrogens is 2. The van der Waals surface area contributed by atoms with Gasteiger partial charge in [-0.1, -0.05) is 17.3 Å². The van der Waals surface area contributed by atoms with Crippen molar-refractivity contribution in [3.05, 3.63) is 60.0 Å². The fraction of sp³-hybridized carbons (Fsp3) is 0.263. The number of hydrogen-bond donors (Lipinski definition) is 2. The molecule has 1 aromatic heterocycles. The number of benzene rings is 2. The number of fused-ring (bicyclic) bond motifs is 1. The first-order valence-electron chi connectivity index (χ1n) is 8.53. The van der Waals surface area contributed by atoms with Gasteiger partial charge in [-0.2, -0.15) is 5.10 Å². The number of rotatable bonds is 4. The second-order valence-electron chi connectivity index (χ2n) is 6.31. The van der Waals surface area contributed by atoms with E-state index in [4.69, 9.17) is 9.94 Å². The second-order valence-corrected chi connectivity index (χ2v) is 6.31. The molecular weight excluding hydrogens is 335 g/mol. The third kappa shape index (κ3) is 3.13. The van der Waals surface area contributed by atoms with E-state index in [1.54, 1.807) is 6.20 Å². The lowest BCUT2D eigenvalue weighted by molar-refractivity contribution is -0.0532. The predicted octanol–water partition coefficient (Wildman–Crippen LogP) is 4.10. The molecule has 0 saturated carbocycles. The van der Waals surface area contributed by atoms with Gasteiger partial charge in [0.25, 0.3) is 0 Å². The lowest BCUT2D eigenvalue weighted by Gasteiger charge is -2.32. The Labute approximate surface area is 149 Å². The Morgan fingerprint density at radius 2 is 2.12 bits per heavy atom. The summed E-state index contributed by atoms with van der Waals surface area (Å²) in [5.41, 5.74) is 2.81. The average molecular weight is 354 g/mol. The molecule has 3 aromatic rings. The van der Waals surface area contributed by atoms with Crippen LogP contribution in [0.2, 0.25) is 0 Å². The van der Waals surface area contributed by atoms with Crippen LogP contribution < -0.4 is 5.32 Å². The van der Waals surface area contributed by atoms with E-state index in [0.29, 0.717) is 6.61 Å². The van der Waals surface area contributed by atoms with Gasteiger partial charge in [-0.25, -0.2) is 9.07 Å². The van der Waals surface area contributed by atoms with Crippen molar-refractivity contribution >= 4 is 22.9 Å². The smallest absolute Gasteiger partial charge is 0.157 e. The molecule has 0 aliphatic carbocycles. The third-order valence-electron chi connectivity index (χ3n) is 4.72. The van der Waals surface area contributed by atoms with Crippen molar-refractivity contribution < 1.29 is 14.3 Å². The van der Waals surface area contributed by atoms with E-state index in [-0.39, 0.29) is 18.0 Å². The van der Waals surface area contributed by atoms with Crippen LogP contribution in [-0.2, 0) is 4.74 Å². The summed E-state index contributed by atoms with van der Waals surface area (Å²) in [5, 5.41) is 19.8. The number of halogens is 1. The van der Waals surface area contributed by atoms with Crippen molar-refractivity contribution in [2.45, 2.75) is 25.0 Å². The van der Waals surface area contributed by atoms with Crippen LogP contribution in [-0.4, -0.2) is 27.9 Å². The molecule has 1 saturated heterocycles. The topological polar surface area (TPSA) is 71.7 Å². The molecule has 1 aliphatic rings. The van der Waals surface area contributed by atoms with E-state index in [9.17, 15) is 4.39 Å². The molecule has 1 aliphatic heterocycles. The van der Waals surface area contributed by atoms with Crippen LogP contribution in [0.1, 0.15) is 30.6 Å². The Morgan fingerprint density at radius 3 is 2.92 bits per heavy atom. The van der Waals surface area contributed by atoms with Crippen LogP contribution >= 0.6 is 0 Å². The number of ether oxygens (including phenoxy) is 1. The van der Waals surface area contributed by atoms with Crippen LogP contribution in [0.4, 0.5) is 10.1 Å². The molecule has 2 heterocycles. The molecule has 2 atom stereocenters. The van der Waals surface area contributed by atoms with E-state index in [0.717, 1.165) is 35.0 Å². The first-order valence-corrected chi connectivity index (χ1v) is 8.53. The van der Waals surface area contributed by atoms with Crippen molar-refractivity contribution in [1.82, 2.24) is 9.78 Å². The van der Waals surface area contributed by atoms with Crippen LogP contribution in [0.3, 0.4) is 0 Å². The zero-order valence-corrected chi connectivity index (χ0v) is 14.0. The third-order valence-corrected chi connectivity index (χ3v) is 4.72. The Kier molecular flexibility index (Phi) is 4.53. The highest BCUT2D eigenvalue weighted by Crippen LogP contribution is 2.38. The maximum absolute atomic E-state index is 13.3. The summed E-state index contributed by atoms with van der Waals surface area (Å²) in [7, 11) is 0. The summed E-state index contributed by atoms with van der Waals surface area (Å²) in [5.74, 6) is -0.121. The van der Waals surface area contributed by atoms with E-state index in [1.807, 2.05) is 35.0 Å². The van der Waals surface area contributed by atoms with Crippen molar-refractivity contribution in [1.29, 1.82) is 0 Å². The molecule has 2 aromatic carbocycles. The minimum atomic E-state index is -0.238. The summed E-state index contributed by atoms with van der Waals surface area (Å²) in [6, 6.07) is 12.4. The van der Waals surface area contributed by atoms with Crippen LogP contribution in [0.5, 0.6) is 0 Å². The summed E-state index contributed by atoms with van der Waals surface area (Å²) in [6.07, 6.45) is 4.69.